The van der Waals surface area contributed by atoms with Crippen LogP contribution in [-0.4, -0.2) is 29.0 Å². The highest BCUT2D eigenvalue weighted by Crippen LogP contribution is 2.14. The Hall–Kier alpha value is 0.0969. The summed E-state index contributed by atoms with van der Waals surface area (Å²) in [6, 6.07) is 1.07. The summed E-state index contributed by atoms with van der Waals surface area (Å²) in [5.74, 6) is 0. The predicted molar refractivity (Wildman–Crippen MR) is 78.7 cm³/mol. The molecule has 1 fully saturated rings. The molecule has 0 aromatic carbocycles. The molecule has 0 bridgehead atoms. The van der Waals surface area contributed by atoms with Crippen LogP contribution in [0.2, 0.25) is 6.04 Å². The molecule has 4 heteroatoms. The van der Waals surface area contributed by atoms with Crippen molar-refractivity contribution in [1.82, 2.24) is 0 Å². The fraction of sp³-hybridized carbons (Fsp3) is 1.00. The molecule has 0 unspecified atom stereocenters. The standard InChI is InChI=1S/C6H16O2Si.C4H11N.C3H6/c1-4-7-9(6-3)8-5-2;1-2-3-4-5;1-2-3-1/h9H,4-6H2,1-3H3;2-5H2,1H3;1-3H2. The number of hydrogen-bond donors (Lipinski definition) is 1. The van der Waals surface area contributed by atoms with Gasteiger partial charge in [-0.2, -0.15) is 0 Å². The maximum Gasteiger partial charge on any atom is 0.321 e. The van der Waals surface area contributed by atoms with Crippen LogP contribution in [0.4, 0.5) is 0 Å². The molecule has 0 amide bonds. The molecule has 0 spiro atoms. The van der Waals surface area contributed by atoms with Crippen LogP contribution in [0.1, 0.15) is 59.8 Å². The maximum absolute atomic E-state index is 5.35. The molecule has 1 rings (SSSR count). The van der Waals surface area contributed by atoms with Crippen LogP contribution in [0.15, 0.2) is 0 Å². The summed E-state index contributed by atoms with van der Waals surface area (Å²) in [7, 11) is -1.21. The third kappa shape index (κ3) is 26.0. The van der Waals surface area contributed by atoms with Gasteiger partial charge in [0.15, 0.2) is 0 Å². The average molecular weight is 263 g/mol. The van der Waals surface area contributed by atoms with Gasteiger partial charge in [-0.15, -0.1) is 0 Å². The van der Waals surface area contributed by atoms with Gasteiger partial charge in [0.05, 0.1) is 0 Å². The van der Waals surface area contributed by atoms with E-state index < -0.39 is 9.28 Å². The van der Waals surface area contributed by atoms with Crippen molar-refractivity contribution < 1.29 is 8.85 Å². The van der Waals surface area contributed by atoms with Gasteiger partial charge in [-0.25, -0.2) is 0 Å². The maximum atomic E-state index is 5.35. The molecule has 0 aromatic rings. The average Bonchev–Trinajstić information content (AvgIpc) is 3.18. The number of hydrogen-bond acceptors (Lipinski definition) is 3. The molecule has 0 aliphatic heterocycles. The Morgan fingerprint density at radius 2 is 1.41 bits per heavy atom. The third-order valence-electron chi connectivity index (χ3n) is 1.95. The van der Waals surface area contributed by atoms with Crippen molar-refractivity contribution in [2.45, 2.75) is 65.8 Å². The molecule has 1 aliphatic carbocycles. The molecule has 1 saturated carbocycles. The Kier molecular flexibility index (Phi) is 21.1. The molecule has 1 aliphatic rings. The quantitative estimate of drug-likeness (QED) is 0.717. The van der Waals surface area contributed by atoms with E-state index in [4.69, 9.17) is 14.6 Å². The lowest BCUT2D eigenvalue weighted by Gasteiger charge is -2.11. The second kappa shape index (κ2) is 18.5. The van der Waals surface area contributed by atoms with Crippen LogP contribution in [0.25, 0.3) is 0 Å². The smallest absolute Gasteiger partial charge is 0.321 e. The monoisotopic (exact) mass is 263 g/mol. The Bertz CT molecular complexity index is 113. The van der Waals surface area contributed by atoms with Crippen LogP contribution in [0.5, 0.6) is 0 Å². The van der Waals surface area contributed by atoms with Gasteiger partial charge in [-0.1, -0.05) is 39.5 Å². The zero-order chi connectivity index (χ0) is 13.4. The molecular weight excluding hydrogens is 230 g/mol. The second-order valence-corrected chi connectivity index (χ2v) is 6.29. The lowest BCUT2D eigenvalue weighted by Crippen LogP contribution is -2.21. The van der Waals surface area contributed by atoms with Crippen LogP contribution in [-0.2, 0) is 8.85 Å². The van der Waals surface area contributed by atoms with Crippen molar-refractivity contribution in [3.8, 4) is 0 Å². The van der Waals surface area contributed by atoms with Gasteiger partial charge in [0, 0.05) is 13.2 Å². The van der Waals surface area contributed by atoms with E-state index >= 15 is 0 Å². The minimum atomic E-state index is -1.21. The SMILES string of the molecule is C1CC1.CCCCN.CCO[SiH](CC)OCC. The van der Waals surface area contributed by atoms with E-state index in [0.29, 0.717) is 0 Å². The van der Waals surface area contributed by atoms with Crippen molar-refractivity contribution in [2.24, 2.45) is 5.73 Å². The molecular formula is C13H33NO2Si. The summed E-state index contributed by atoms with van der Waals surface area (Å²) in [6.07, 6.45) is 6.89. The number of rotatable bonds is 7. The first-order valence-electron chi connectivity index (χ1n) is 7.19. The normalized spacial score (nSPS) is 12.4. The zero-order valence-electron chi connectivity index (χ0n) is 12.3. The fourth-order valence-corrected chi connectivity index (χ4v) is 2.17. The van der Waals surface area contributed by atoms with Crippen molar-refractivity contribution in [3.05, 3.63) is 0 Å². The zero-order valence-corrected chi connectivity index (χ0v) is 13.5. The largest absolute Gasteiger partial charge is 0.397 e. The molecule has 0 aromatic heterocycles. The highest BCUT2D eigenvalue weighted by Gasteiger charge is 2.06. The third-order valence-corrected chi connectivity index (χ3v) is 4.03. The van der Waals surface area contributed by atoms with Crippen LogP contribution >= 0.6 is 0 Å². The van der Waals surface area contributed by atoms with E-state index in [9.17, 15) is 0 Å². The Morgan fingerprint density at radius 1 is 0.941 bits per heavy atom. The molecule has 106 valence electrons. The molecule has 3 nitrogen and oxygen atoms in total. The van der Waals surface area contributed by atoms with Gasteiger partial charge in [-0.3, -0.25) is 0 Å². The summed E-state index contributed by atoms with van der Waals surface area (Å²) in [6.45, 7) is 10.7. The second-order valence-electron chi connectivity index (χ2n) is 3.95. The van der Waals surface area contributed by atoms with Crippen LogP contribution in [0.3, 0.4) is 0 Å². The summed E-state index contributed by atoms with van der Waals surface area (Å²) < 4.78 is 10.7. The van der Waals surface area contributed by atoms with E-state index in [1.807, 2.05) is 13.8 Å². The van der Waals surface area contributed by atoms with Gasteiger partial charge in [0.1, 0.15) is 0 Å². The fourth-order valence-electron chi connectivity index (χ4n) is 0.860. The van der Waals surface area contributed by atoms with Crippen LogP contribution in [0, 0.1) is 0 Å². The highest BCUT2D eigenvalue weighted by atomic mass is 28.3. The van der Waals surface area contributed by atoms with Crippen molar-refractivity contribution >= 4 is 9.28 Å². The summed E-state index contributed by atoms with van der Waals surface area (Å²) in [5.41, 5.74) is 5.14. The minimum absolute atomic E-state index is 0.796. The highest BCUT2D eigenvalue weighted by molar-refractivity contribution is 6.44. The van der Waals surface area contributed by atoms with Gasteiger partial charge < -0.3 is 14.6 Å². The minimum Gasteiger partial charge on any atom is -0.397 e. The molecule has 17 heavy (non-hydrogen) atoms. The first-order valence-corrected chi connectivity index (χ1v) is 8.95. The molecule has 0 saturated heterocycles. The number of nitrogens with two attached hydrogens (primary N) is 1. The Labute approximate surface area is 110 Å². The van der Waals surface area contributed by atoms with E-state index in [2.05, 4.69) is 13.8 Å². The summed E-state index contributed by atoms with van der Waals surface area (Å²) in [5, 5.41) is 0. The topological polar surface area (TPSA) is 44.5 Å². The molecule has 2 N–H and O–H groups in total. The van der Waals surface area contributed by atoms with Crippen molar-refractivity contribution in [3.63, 3.8) is 0 Å². The van der Waals surface area contributed by atoms with E-state index in [-0.39, 0.29) is 0 Å². The lowest BCUT2D eigenvalue weighted by atomic mass is 10.3. The molecule has 0 radical (unpaired) electrons. The summed E-state index contributed by atoms with van der Waals surface area (Å²) in [4.78, 5) is 0. The van der Waals surface area contributed by atoms with Gasteiger partial charge >= 0.3 is 9.28 Å². The van der Waals surface area contributed by atoms with Gasteiger partial charge in [-0.05, 0) is 32.9 Å². The summed E-state index contributed by atoms with van der Waals surface area (Å²) >= 11 is 0. The van der Waals surface area contributed by atoms with Gasteiger partial charge in [0.25, 0.3) is 0 Å². The Morgan fingerprint density at radius 3 is 1.53 bits per heavy atom. The van der Waals surface area contributed by atoms with Gasteiger partial charge in [0.2, 0.25) is 0 Å². The predicted octanol–water partition coefficient (Wildman–Crippen LogP) is 3.22. The van der Waals surface area contributed by atoms with E-state index in [1.54, 1.807) is 0 Å². The van der Waals surface area contributed by atoms with E-state index in [1.165, 1.54) is 32.1 Å². The first kappa shape index (κ1) is 19.4. The Balaban J connectivity index is 0. The molecule has 0 heterocycles. The first-order chi connectivity index (χ1) is 8.26. The number of unbranched alkanes of at least 4 members (excludes halogenated alkanes) is 1. The molecule has 0 atom stereocenters. The van der Waals surface area contributed by atoms with Crippen LogP contribution < -0.4 is 5.73 Å². The van der Waals surface area contributed by atoms with Crippen molar-refractivity contribution in [2.75, 3.05) is 19.8 Å². The van der Waals surface area contributed by atoms with E-state index in [0.717, 1.165) is 25.8 Å². The lowest BCUT2D eigenvalue weighted by molar-refractivity contribution is 0.214. The van der Waals surface area contributed by atoms with Crippen molar-refractivity contribution in [1.29, 1.82) is 0 Å².